The van der Waals surface area contributed by atoms with E-state index < -0.39 is 9.84 Å². The summed E-state index contributed by atoms with van der Waals surface area (Å²) in [6.07, 6.45) is 0. The highest BCUT2D eigenvalue weighted by Crippen LogP contribution is 2.15. The fraction of sp³-hybridized carbons (Fsp3) is 0.267. The molecule has 2 aromatic rings. The first-order valence-electron chi connectivity index (χ1n) is 6.95. The lowest BCUT2D eigenvalue weighted by Gasteiger charge is -2.11. The molecular weight excluding hydrogens is 398 g/mol. The van der Waals surface area contributed by atoms with Gasteiger partial charge in [0.1, 0.15) is 0 Å². The number of guanidine groups is 1. The van der Waals surface area contributed by atoms with Gasteiger partial charge < -0.3 is 10.6 Å². The summed E-state index contributed by atoms with van der Waals surface area (Å²) in [7, 11) is -1.64. The molecule has 0 bridgehead atoms. The lowest BCUT2D eigenvalue weighted by Crippen LogP contribution is -2.39. The lowest BCUT2D eigenvalue weighted by atomic mass is 10.3. The summed E-state index contributed by atoms with van der Waals surface area (Å²) in [5.74, 6) is 0.593. The quantitative estimate of drug-likeness (QED) is 0.561. The van der Waals surface area contributed by atoms with Crippen LogP contribution in [-0.4, -0.2) is 33.7 Å². The van der Waals surface area contributed by atoms with Crippen LogP contribution in [0.15, 0.2) is 55.5 Å². The van der Waals surface area contributed by atoms with Crippen LogP contribution in [0, 0.1) is 0 Å². The number of benzene rings is 1. The van der Waals surface area contributed by atoms with Gasteiger partial charge in [0.05, 0.1) is 10.6 Å². The van der Waals surface area contributed by atoms with Crippen LogP contribution in [0.25, 0.3) is 0 Å². The van der Waals surface area contributed by atoms with Gasteiger partial charge in [-0.25, -0.2) is 8.42 Å². The topological polar surface area (TPSA) is 70.6 Å². The lowest BCUT2D eigenvalue weighted by molar-refractivity contribution is 0.594. The Labute approximate surface area is 148 Å². The summed E-state index contributed by atoms with van der Waals surface area (Å²) in [6.45, 7) is 0.949. The normalized spacial score (nSPS) is 12.2. The number of sulfone groups is 1. The molecule has 0 atom stereocenters. The van der Waals surface area contributed by atoms with Crippen molar-refractivity contribution in [1.82, 2.24) is 10.6 Å². The molecular formula is C15H18BrN3O2S2. The van der Waals surface area contributed by atoms with E-state index in [1.807, 2.05) is 11.4 Å². The molecule has 2 rings (SSSR count). The Morgan fingerprint density at radius 1 is 1.22 bits per heavy atom. The molecule has 8 heteroatoms. The number of hydrogen-bond donors (Lipinski definition) is 2. The molecule has 5 nitrogen and oxygen atoms in total. The van der Waals surface area contributed by atoms with Crippen LogP contribution in [0.2, 0.25) is 0 Å². The van der Waals surface area contributed by atoms with Gasteiger partial charge in [0.25, 0.3) is 0 Å². The third-order valence-electron chi connectivity index (χ3n) is 3.10. The molecule has 0 saturated heterocycles. The van der Waals surface area contributed by atoms with E-state index in [2.05, 4.69) is 36.9 Å². The van der Waals surface area contributed by atoms with Crippen LogP contribution in [0.4, 0.5) is 0 Å². The Morgan fingerprint density at radius 3 is 2.57 bits per heavy atom. The number of nitrogens with one attached hydrogen (secondary N) is 2. The minimum atomic E-state index is -3.30. The molecule has 2 N–H and O–H groups in total. The number of nitrogens with zero attached hydrogens (tertiary/aromatic N) is 1. The van der Waals surface area contributed by atoms with Gasteiger partial charge in [0.2, 0.25) is 0 Å². The van der Waals surface area contributed by atoms with E-state index in [-0.39, 0.29) is 5.75 Å². The molecule has 0 aliphatic heterocycles. The smallest absolute Gasteiger partial charge is 0.191 e. The monoisotopic (exact) mass is 415 g/mol. The molecule has 0 saturated carbocycles. The second-order valence-electron chi connectivity index (χ2n) is 4.76. The zero-order valence-corrected chi connectivity index (χ0v) is 15.8. The van der Waals surface area contributed by atoms with Crippen LogP contribution in [-0.2, 0) is 16.4 Å². The SMILES string of the molecule is CN=C(NCCS(=O)(=O)c1ccc(Br)cc1)NCc1ccsc1. The van der Waals surface area contributed by atoms with E-state index in [9.17, 15) is 8.42 Å². The maximum absolute atomic E-state index is 12.2. The number of halogens is 1. The highest BCUT2D eigenvalue weighted by atomic mass is 79.9. The summed E-state index contributed by atoms with van der Waals surface area (Å²) in [5.41, 5.74) is 1.17. The Hall–Kier alpha value is -1.38. The van der Waals surface area contributed by atoms with Gasteiger partial charge in [0.15, 0.2) is 15.8 Å². The third-order valence-corrected chi connectivity index (χ3v) is 6.09. The summed E-state index contributed by atoms with van der Waals surface area (Å²) in [6, 6.07) is 8.68. The fourth-order valence-electron chi connectivity index (χ4n) is 1.86. The largest absolute Gasteiger partial charge is 0.355 e. The second-order valence-corrected chi connectivity index (χ2v) is 8.56. The molecule has 0 fully saturated rings. The highest BCUT2D eigenvalue weighted by Gasteiger charge is 2.14. The molecule has 1 aromatic carbocycles. The molecule has 0 spiro atoms. The Kier molecular flexibility index (Phi) is 6.61. The molecule has 124 valence electrons. The molecule has 0 aliphatic carbocycles. The first kappa shape index (κ1) is 18.0. The van der Waals surface area contributed by atoms with Gasteiger partial charge in [-0.3, -0.25) is 4.99 Å². The van der Waals surface area contributed by atoms with Crippen molar-refractivity contribution in [3.05, 3.63) is 51.1 Å². The van der Waals surface area contributed by atoms with Crippen LogP contribution >= 0.6 is 27.3 Å². The third kappa shape index (κ3) is 5.63. The minimum Gasteiger partial charge on any atom is -0.355 e. The first-order valence-corrected chi connectivity index (χ1v) is 10.3. The molecule has 1 aromatic heterocycles. The van der Waals surface area contributed by atoms with E-state index >= 15 is 0 Å². The van der Waals surface area contributed by atoms with Crippen molar-refractivity contribution in [2.45, 2.75) is 11.4 Å². The molecule has 0 radical (unpaired) electrons. The molecule has 1 heterocycles. The molecule has 23 heavy (non-hydrogen) atoms. The van der Waals surface area contributed by atoms with Crippen molar-refractivity contribution in [3.63, 3.8) is 0 Å². The zero-order valence-electron chi connectivity index (χ0n) is 12.6. The van der Waals surface area contributed by atoms with Gasteiger partial charge in [-0.1, -0.05) is 15.9 Å². The van der Waals surface area contributed by atoms with Gasteiger partial charge in [-0.2, -0.15) is 11.3 Å². The number of aliphatic imine (C=N–C) groups is 1. The van der Waals surface area contributed by atoms with Crippen molar-refractivity contribution in [1.29, 1.82) is 0 Å². The van der Waals surface area contributed by atoms with Crippen molar-refractivity contribution >= 4 is 43.1 Å². The summed E-state index contributed by atoms with van der Waals surface area (Å²) < 4.78 is 25.3. The average molecular weight is 416 g/mol. The standard InChI is InChI=1S/C15H18BrN3O2S2/c1-17-15(19-10-12-6-8-22-11-12)18-7-9-23(20,21)14-4-2-13(16)3-5-14/h2-6,8,11H,7,9-10H2,1H3,(H2,17,18,19). The van der Waals surface area contributed by atoms with Gasteiger partial charge in [0, 0.05) is 24.6 Å². The number of thiophene rings is 1. The number of rotatable bonds is 6. The average Bonchev–Trinajstić information content (AvgIpc) is 3.04. The van der Waals surface area contributed by atoms with Crippen LogP contribution in [0.1, 0.15) is 5.56 Å². The van der Waals surface area contributed by atoms with E-state index in [0.29, 0.717) is 23.9 Å². The number of hydrogen-bond acceptors (Lipinski definition) is 4. The Bertz CT molecular complexity index is 742. The fourth-order valence-corrected chi connectivity index (χ4v) is 3.95. The van der Waals surface area contributed by atoms with Crippen LogP contribution < -0.4 is 10.6 Å². The van der Waals surface area contributed by atoms with Crippen molar-refractivity contribution in [3.8, 4) is 0 Å². The second kappa shape index (κ2) is 8.47. The van der Waals surface area contributed by atoms with Crippen molar-refractivity contribution in [2.75, 3.05) is 19.3 Å². The van der Waals surface area contributed by atoms with Gasteiger partial charge in [-0.05, 0) is 46.7 Å². The van der Waals surface area contributed by atoms with E-state index in [4.69, 9.17) is 0 Å². The maximum atomic E-state index is 12.2. The summed E-state index contributed by atoms with van der Waals surface area (Å²) in [4.78, 5) is 4.41. The van der Waals surface area contributed by atoms with Crippen LogP contribution in [0.5, 0.6) is 0 Å². The summed E-state index contributed by atoms with van der Waals surface area (Å²) >= 11 is 4.93. The van der Waals surface area contributed by atoms with Crippen LogP contribution in [0.3, 0.4) is 0 Å². The van der Waals surface area contributed by atoms with E-state index in [0.717, 1.165) is 4.47 Å². The molecule has 0 unspecified atom stereocenters. The van der Waals surface area contributed by atoms with Crippen molar-refractivity contribution < 1.29 is 8.42 Å². The van der Waals surface area contributed by atoms with Gasteiger partial charge in [-0.15, -0.1) is 0 Å². The molecule has 0 amide bonds. The Balaban J connectivity index is 1.83. The predicted octanol–water partition coefficient (Wildman–Crippen LogP) is 2.65. The molecule has 0 aliphatic rings. The van der Waals surface area contributed by atoms with Gasteiger partial charge >= 0.3 is 0 Å². The van der Waals surface area contributed by atoms with E-state index in [1.165, 1.54) is 5.56 Å². The highest BCUT2D eigenvalue weighted by molar-refractivity contribution is 9.10. The van der Waals surface area contributed by atoms with E-state index in [1.54, 1.807) is 42.6 Å². The van der Waals surface area contributed by atoms with Crippen molar-refractivity contribution in [2.24, 2.45) is 4.99 Å². The minimum absolute atomic E-state index is 0.00772. The summed E-state index contributed by atoms with van der Waals surface area (Å²) in [5, 5.41) is 10.2. The maximum Gasteiger partial charge on any atom is 0.191 e. The Morgan fingerprint density at radius 2 is 1.96 bits per heavy atom. The predicted molar refractivity (Wildman–Crippen MR) is 98.7 cm³/mol. The first-order chi connectivity index (χ1) is 11.0. The zero-order chi connectivity index (χ0) is 16.7.